The van der Waals surface area contributed by atoms with Crippen LogP contribution in [0, 0.1) is 12.8 Å². The monoisotopic (exact) mass is 365 g/mol. The van der Waals surface area contributed by atoms with E-state index >= 15 is 0 Å². The number of rotatable bonds is 5. The van der Waals surface area contributed by atoms with Gasteiger partial charge in [0.1, 0.15) is 11.0 Å². The summed E-state index contributed by atoms with van der Waals surface area (Å²) in [6.07, 6.45) is 6.04. The summed E-state index contributed by atoms with van der Waals surface area (Å²) in [5.74, 6) is 1.49. The summed E-state index contributed by atoms with van der Waals surface area (Å²) < 4.78 is 1.95. The summed E-state index contributed by atoms with van der Waals surface area (Å²) in [5.41, 5.74) is 2.18. The molecule has 1 atom stereocenters. The first kappa shape index (κ1) is 17.5. The second-order valence-corrected chi connectivity index (χ2v) is 7.75. The molecule has 7 heteroatoms. The number of hydrogen-bond acceptors (Lipinski definition) is 5. The first-order valence-corrected chi connectivity index (χ1v) is 9.98. The van der Waals surface area contributed by atoms with Crippen LogP contribution >= 0.6 is 23.4 Å². The van der Waals surface area contributed by atoms with Crippen molar-refractivity contribution in [1.82, 2.24) is 19.7 Å². The van der Waals surface area contributed by atoms with Gasteiger partial charge in [0.05, 0.1) is 11.7 Å². The quantitative estimate of drug-likeness (QED) is 0.582. The largest absolute Gasteiger partial charge is 0.349 e. The van der Waals surface area contributed by atoms with Crippen molar-refractivity contribution in [1.29, 1.82) is 0 Å². The lowest BCUT2D eigenvalue weighted by molar-refractivity contribution is 0.481. The Kier molecular flexibility index (Phi) is 5.35. The van der Waals surface area contributed by atoms with Gasteiger partial charge in [-0.1, -0.05) is 37.2 Å². The van der Waals surface area contributed by atoms with Crippen LogP contribution in [-0.4, -0.2) is 32.5 Å². The first-order valence-electron chi connectivity index (χ1n) is 8.37. The number of aryl methyl sites for hydroxylation is 1. The Morgan fingerprint density at radius 1 is 1.42 bits per heavy atom. The lowest BCUT2D eigenvalue weighted by atomic mass is 10.1. The molecular weight excluding hydrogens is 342 g/mol. The standard InChI is InChI=1S/C17H24ClN5S/c1-11(2)10-23-16(18)15(12(3)21-23)13-6-5-9-22(13)14-7-8-19-17(20-14)24-4/h7-8,11,13H,5-6,9-10H2,1-4H3. The van der Waals surface area contributed by atoms with Gasteiger partial charge in [0, 0.05) is 24.8 Å². The Balaban J connectivity index is 1.94. The molecular formula is C17H24ClN5S. The number of aromatic nitrogens is 4. The van der Waals surface area contributed by atoms with Crippen LogP contribution in [0.2, 0.25) is 5.15 Å². The van der Waals surface area contributed by atoms with Crippen LogP contribution in [0.15, 0.2) is 17.4 Å². The molecule has 0 spiro atoms. The maximum Gasteiger partial charge on any atom is 0.189 e. The highest BCUT2D eigenvalue weighted by Gasteiger charge is 2.32. The lowest BCUT2D eigenvalue weighted by Crippen LogP contribution is -2.24. The summed E-state index contributed by atoms with van der Waals surface area (Å²) in [6, 6.07) is 2.22. The summed E-state index contributed by atoms with van der Waals surface area (Å²) in [7, 11) is 0. The van der Waals surface area contributed by atoms with Crippen molar-refractivity contribution < 1.29 is 0 Å². The highest BCUT2D eigenvalue weighted by Crippen LogP contribution is 2.40. The molecule has 2 aromatic rings. The van der Waals surface area contributed by atoms with E-state index < -0.39 is 0 Å². The van der Waals surface area contributed by atoms with Crippen molar-refractivity contribution in [3.8, 4) is 0 Å². The molecule has 0 bridgehead atoms. The molecule has 1 unspecified atom stereocenters. The number of nitrogens with zero attached hydrogens (tertiary/aromatic N) is 5. The molecule has 0 N–H and O–H groups in total. The molecule has 1 aliphatic heterocycles. The molecule has 1 aliphatic rings. The normalized spacial score (nSPS) is 17.9. The third-order valence-corrected chi connectivity index (χ3v) is 5.29. The summed E-state index contributed by atoms with van der Waals surface area (Å²) in [4.78, 5) is 11.3. The molecule has 24 heavy (non-hydrogen) atoms. The van der Waals surface area contributed by atoms with E-state index in [4.69, 9.17) is 11.6 Å². The van der Waals surface area contributed by atoms with Crippen molar-refractivity contribution in [3.63, 3.8) is 0 Å². The average molecular weight is 366 g/mol. The van der Waals surface area contributed by atoms with E-state index in [1.54, 1.807) is 11.8 Å². The van der Waals surface area contributed by atoms with Crippen molar-refractivity contribution in [2.45, 2.75) is 51.4 Å². The second kappa shape index (κ2) is 7.31. The highest BCUT2D eigenvalue weighted by atomic mass is 35.5. The molecule has 0 amide bonds. The molecule has 0 radical (unpaired) electrons. The molecule has 130 valence electrons. The van der Waals surface area contributed by atoms with Crippen LogP contribution < -0.4 is 4.90 Å². The number of thioether (sulfide) groups is 1. The molecule has 0 aromatic carbocycles. The Morgan fingerprint density at radius 2 is 2.21 bits per heavy atom. The fourth-order valence-electron chi connectivity index (χ4n) is 3.34. The zero-order chi connectivity index (χ0) is 17.3. The predicted octanol–water partition coefficient (Wildman–Crippen LogP) is 4.35. The van der Waals surface area contributed by atoms with Crippen LogP contribution in [0.3, 0.4) is 0 Å². The maximum absolute atomic E-state index is 6.70. The van der Waals surface area contributed by atoms with Gasteiger partial charge in [0.25, 0.3) is 0 Å². The number of hydrogen-bond donors (Lipinski definition) is 0. The number of anilines is 1. The summed E-state index contributed by atoms with van der Waals surface area (Å²) in [6.45, 7) is 8.25. The molecule has 3 rings (SSSR count). The molecule has 1 saturated heterocycles. The van der Waals surface area contributed by atoms with Crippen molar-refractivity contribution >= 4 is 29.2 Å². The Hall–Kier alpha value is -1.27. The molecule has 3 heterocycles. The Bertz CT molecular complexity index is 715. The van der Waals surface area contributed by atoms with Crippen LogP contribution in [0.5, 0.6) is 0 Å². The van der Waals surface area contributed by atoms with Crippen LogP contribution in [-0.2, 0) is 6.54 Å². The van der Waals surface area contributed by atoms with Gasteiger partial charge < -0.3 is 4.90 Å². The zero-order valence-corrected chi connectivity index (χ0v) is 16.2. The first-order chi connectivity index (χ1) is 11.5. The van der Waals surface area contributed by atoms with E-state index in [0.717, 1.165) is 53.3 Å². The minimum Gasteiger partial charge on any atom is -0.349 e. The minimum absolute atomic E-state index is 0.239. The van der Waals surface area contributed by atoms with E-state index in [1.165, 1.54) is 0 Å². The third kappa shape index (κ3) is 3.40. The van der Waals surface area contributed by atoms with Crippen molar-refractivity contribution in [3.05, 3.63) is 28.7 Å². The van der Waals surface area contributed by atoms with Gasteiger partial charge in [-0.05, 0) is 38.0 Å². The molecule has 0 saturated carbocycles. The fraction of sp³-hybridized carbons (Fsp3) is 0.588. The van der Waals surface area contributed by atoms with Crippen LogP contribution in [0.4, 0.5) is 5.82 Å². The van der Waals surface area contributed by atoms with Gasteiger partial charge in [0.2, 0.25) is 0 Å². The molecule has 5 nitrogen and oxygen atoms in total. The molecule has 2 aromatic heterocycles. The second-order valence-electron chi connectivity index (χ2n) is 6.62. The van der Waals surface area contributed by atoms with Crippen molar-refractivity contribution in [2.75, 3.05) is 17.7 Å². The average Bonchev–Trinajstić information content (AvgIpc) is 3.12. The predicted molar refractivity (Wildman–Crippen MR) is 99.9 cm³/mol. The van der Waals surface area contributed by atoms with Crippen molar-refractivity contribution in [2.24, 2.45) is 5.92 Å². The van der Waals surface area contributed by atoms with Crippen LogP contribution in [0.1, 0.15) is 44.0 Å². The van der Waals surface area contributed by atoms with Crippen LogP contribution in [0.25, 0.3) is 0 Å². The number of halogens is 1. The van der Waals surface area contributed by atoms with E-state index in [-0.39, 0.29) is 6.04 Å². The lowest BCUT2D eigenvalue weighted by Gasteiger charge is -2.26. The van der Waals surface area contributed by atoms with Gasteiger partial charge in [-0.25, -0.2) is 9.97 Å². The maximum atomic E-state index is 6.70. The fourth-order valence-corrected chi connectivity index (χ4v) is 4.06. The van der Waals surface area contributed by atoms with Gasteiger partial charge in [0.15, 0.2) is 5.16 Å². The van der Waals surface area contributed by atoms with Gasteiger partial charge >= 0.3 is 0 Å². The Labute approximate surface area is 152 Å². The van der Waals surface area contributed by atoms with E-state index in [1.807, 2.05) is 23.2 Å². The van der Waals surface area contributed by atoms with E-state index in [2.05, 4.69) is 40.7 Å². The SMILES string of the molecule is CSc1nccc(N2CCCC2c2c(C)nn(CC(C)C)c2Cl)n1. The smallest absolute Gasteiger partial charge is 0.189 e. The minimum atomic E-state index is 0.239. The highest BCUT2D eigenvalue weighted by molar-refractivity contribution is 7.98. The zero-order valence-electron chi connectivity index (χ0n) is 14.7. The van der Waals surface area contributed by atoms with Gasteiger partial charge in [-0.3, -0.25) is 4.68 Å². The topological polar surface area (TPSA) is 46.8 Å². The third-order valence-electron chi connectivity index (χ3n) is 4.33. The molecule has 1 fully saturated rings. The molecule has 0 aliphatic carbocycles. The van der Waals surface area contributed by atoms with E-state index in [0.29, 0.717) is 5.92 Å². The van der Waals surface area contributed by atoms with Gasteiger partial charge in [-0.2, -0.15) is 5.10 Å². The summed E-state index contributed by atoms with van der Waals surface area (Å²) >= 11 is 8.27. The Morgan fingerprint density at radius 3 is 2.92 bits per heavy atom. The van der Waals surface area contributed by atoms with E-state index in [9.17, 15) is 0 Å². The summed E-state index contributed by atoms with van der Waals surface area (Å²) in [5, 5.41) is 6.26. The van der Waals surface area contributed by atoms with Gasteiger partial charge in [-0.15, -0.1) is 0 Å².